The van der Waals surface area contributed by atoms with Gasteiger partial charge in [-0.1, -0.05) is 6.07 Å². The molecule has 76 valence electrons. The second-order valence-electron chi connectivity index (χ2n) is 2.99. The minimum Gasteiger partial charge on any atom is -0.618 e. The van der Waals surface area contributed by atoms with Gasteiger partial charge in [-0.2, -0.15) is 4.73 Å². The predicted molar refractivity (Wildman–Crippen MR) is 55.2 cm³/mol. The van der Waals surface area contributed by atoms with E-state index in [1.165, 1.54) is 6.20 Å². The van der Waals surface area contributed by atoms with Crippen molar-refractivity contribution < 1.29 is 9.47 Å². The number of hydrogen-bond donors (Lipinski definition) is 0. The van der Waals surface area contributed by atoms with E-state index in [0.29, 0.717) is 17.1 Å². The van der Waals surface area contributed by atoms with E-state index in [2.05, 4.69) is 4.98 Å². The molecule has 0 radical (unpaired) electrons. The van der Waals surface area contributed by atoms with Crippen molar-refractivity contribution in [1.82, 2.24) is 4.98 Å². The van der Waals surface area contributed by atoms with Crippen LogP contribution in [0.5, 0.6) is 5.75 Å². The Bertz CT molecular complexity index is 457. The second kappa shape index (κ2) is 3.96. The maximum Gasteiger partial charge on any atom is 0.246 e. The lowest BCUT2D eigenvalue weighted by Gasteiger charge is -2.05. The number of pyridine rings is 2. The number of rotatable bonds is 2. The SMILES string of the molecule is COc1cc[n+]([O-])c(-c2ccccn2)c1. The van der Waals surface area contributed by atoms with Gasteiger partial charge in [0, 0.05) is 12.3 Å². The van der Waals surface area contributed by atoms with Crippen molar-refractivity contribution in [2.75, 3.05) is 7.11 Å². The highest BCUT2D eigenvalue weighted by molar-refractivity contribution is 5.52. The van der Waals surface area contributed by atoms with Gasteiger partial charge in [0.15, 0.2) is 6.20 Å². The van der Waals surface area contributed by atoms with Gasteiger partial charge in [-0.15, -0.1) is 0 Å². The maximum absolute atomic E-state index is 11.5. The first-order valence-corrected chi connectivity index (χ1v) is 4.50. The van der Waals surface area contributed by atoms with Crippen LogP contribution in [-0.4, -0.2) is 12.1 Å². The van der Waals surface area contributed by atoms with Crippen LogP contribution in [0.15, 0.2) is 42.7 Å². The summed E-state index contributed by atoms with van der Waals surface area (Å²) >= 11 is 0. The molecule has 0 atom stereocenters. The van der Waals surface area contributed by atoms with E-state index in [4.69, 9.17) is 4.74 Å². The molecule has 0 saturated heterocycles. The summed E-state index contributed by atoms with van der Waals surface area (Å²) in [5.74, 6) is 0.641. The molecular weight excluding hydrogens is 192 g/mol. The van der Waals surface area contributed by atoms with Crippen LogP contribution < -0.4 is 9.47 Å². The standard InChI is InChI=1S/C11H10N2O2/c1-15-9-5-7-13(14)11(8-9)10-4-2-3-6-12-10/h2-8H,1H3. The van der Waals surface area contributed by atoms with Gasteiger partial charge in [0.25, 0.3) is 0 Å². The van der Waals surface area contributed by atoms with Crippen molar-refractivity contribution in [3.8, 4) is 17.1 Å². The molecule has 0 aliphatic rings. The second-order valence-corrected chi connectivity index (χ2v) is 2.99. The zero-order valence-corrected chi connectivity index (χ0v) is 8.25. The summed E-state index contributed by atoms with van der Waals surface area (Å²) in [4.78, 5) is 4.11. The molecule has 4 nitrogen and oxygen atoms in total. The largest absolute Gasteiger partial charge is 0.618 e. The lowest BCUT2D eigenvalue weighted by Crippen LogP contribution is -2.28. The molecular formula is C11H10N2O2. The van der Waals surface area contributed by atoms with Crippen LogP contribution in [0.3, 0.4) is 0 Å². The van der Waals surface area contributed by atoms with Crippen LogP contribution in [-0.2, 0) is 0 Å². The number of aromatic nitrogens is 2. The summed E-state index contributed by atoms with van der Waals surface area (Å²) in [6.45, 7) is 0. The third-order valence-corrected chi connectivity index (χ3v) is 2.05. The van der Waals surface area contributed by atoms with Gasteiger partial charge in [0.2, 0.25) is 5.69 Å². The van der Waals surface area contributed by atoms with E-state index in [0.717, 1.165) is 4.73 Å². The Morgan fingerprint density at radius 1 is 1.33 bits per heavy atom. The van der Waals surface area contributed by atoms with Gasteiger partial charge >= 0.3 is 0 Å². The Hall–Kier alpha value is -2.10. The Balaban J connectivity index is 2.52. The monoisotopic (exact) mass is 202 g/mol. The summed E-state index contributed by atoms with van der Waals surface area (Å²) in [5, 5.41) is 11.5. The summed E-state index contributed by atoms with van der Waals surface area (Å²) in [6.07, 6.45) is 3.05. The van der Waals surface area contributed by atoms with Gasteiger partial charge in [-0.3, -0.25) is 0 Å². The molecule has 4 heteroatoms. The van der Waals surface area contributed by atoms with Crippen LogP contribution in [0.2, 0.25) is 0 Å². The zero-order valence-electron chi connectivity index (χ0n) is 8.25. The van der Waals surface area contributed by atoms with Gasteiger partial charge in [-0.05, 0) is 12.1 Å². The molecule has 15 heavy (non-hydrogen) atoms. The lowest BCUT2D eigenvalue weighted by molar-refractivity contribution is -0.593. The van der Waals surface area contributed by atoms with Crippen molar-refractivity contribution in [3.63, 3.8) is 0 Å². The fourth-order valence-corrected chi connectivity index (χ4v) is 1.30. The highest BCUT2D eigenvalue weighted by Crippen LogP contribution is 2.17. The summed E-state index contributed by atoms with van der Waals surface area (Å²) in [5.41, 5.74) is 1.11. The van der Waals surface area contributed by atoms with Crippen molar-refractivity contribution in [2.45, 2.75) is 0 Å². The van der Waals surface area contributed by atoms with E-state index in [1.54, 1.807) is 37.6 Å². The number of hydrogen-bond acceptors (Lipinski definition) is 3. The van der Waals surface area contributed by atoms with E-state index >= 15 is 0 Å². The minimum absolute atomic E-state index is 0.481. The highest BCUT2D eigenvalue weighted by atomic mass is 16.5. The van der Waals surface area contributed by atoms with Gasteiger partial charge in [0.05, 0.1) is 13.2 Å². The average Bonchev–Trinajstić information content (AvgIpc) is 2.31. The topological polar surface area (TPSA) is 49.1 Å². The van der Waals surface area contributed by atoms with Crippen LogP contribution in [0.1, 0.15) is 0 Å². The molecule has 2 rings (SSSR count). The van der Waals surface area contributed by atoms with E-state index in [-0.39, 0.29) is 0 Å². The van der Waals surface area contributed by atoms with Crippen LogP contribution in [0, 0.1) is 5.21 Å². The fourth-order valence-electron chi connectivity index (χ4n) is 1.30. The van der Waals surface area contributed by atoms with Crippen LogP contribution in [0.25, 0.3) is 11.4 Å². The van der Waals surface area contributed by atoms with Crippen molar-refractivity contribution in [3.05, 3.63) is 47.9 Å². The molecule has 0 bridgehead atoms. The minimum atomic E-state index is 0.481. The number of ether oxygens (including phenoxy) is 1. The fraction of sp³-hybridized carbons (Fsp3) is 0.0909. The van der Waals surface area contributed by atoms with Crippen LogP contribution >= 0.6 is 0 Å². The molecule has 0 N–H and O–H groups in total. The molecule has 2 aromatic heterocycles. The summed E-state index contributed by atoms with van der Waals surface area (Å²) in [7, 11) is 1.56. The predicted octanol–water partition coefficient (Wildman–Crippen LogP) is 1.39. The van der Waals surface area contributed by atoms with Crippen LogP contribution in [0.4, 0.5) is 0 Å². The molecule has 0 unspecified atom stereocenters. The molecule has 0 aromatic carbocycles. The lowest BCUT2D eigenvalue weighted by atomic mass is 10.2. The maximum atomic E-state index is 11.5. The molecule has 0 aliphatic heterocycles. The van der Waals surface area contributed by atoms with Gasteiger partial charge in [-0.25, -0.2) is 4.98 Å². The summed E-state index contributed by atoms with van der Waals surface area (Å²) in [6, 6.07) is 8.69. The number of nitrogens with zero attached hydrogens (tertiary/aromatic N) is 2. The van der Waals surface area contributed by atoms with Crippen molar-refractivity contribution in [2.24, 2.45) is 0 Å². The van der Waals surface area contributed by atoms with Crippen molar-refractivity contribution in [1.29, 1.82) is 0 Å². The molecule has 0 aliphatic carbocycles. The first-order valence-electron chi connectivity index (χ1n) is 4.50. The third kappa shape index (κ3) is 1.88. The van der Waals surface area contributed by atoms with E-state index in [1.807, 2.05) is 6.07 Å². The number of methoxy groups -OCH3 is 1. The van der Waals surface area contributed by atoms with Gasteiger partial charge < -0.3 is 9.94 Å². The molecule has 2 heterocycles. The molecule has 0 spiro atoms. The quantitative estimate of drug-likeness (QED) is 0.546. The van der Waals surface area contributed by atoms with Gasteiger partial charge in [0.1, 0.15) is 11.4 Å². The Morgan fingerprint density at radius 3 is 2.87 bits per heavy atom. The molecule has 2 aromatic rings. The molecule has 0 saturated carbocycles. The smallest absolute Gasteiger partial charge is 0.246 e. The zero-order chi connectivity index (χ0) is 10.7. The normalized spacial score (nSPS) is 9.93. The molecule has 0 amide bonds. The third-order valence-electron chi connectivity index (χ3n) is 2.05. The molecule has 0 fully saturated rings. The first kappa shape index (κ1) is 9.45. The highest BCUT2D eigenvalue weighted by Gasteiger charge is 2.10. The Kier molecular flexibility index (Phi) is 2.49. The summed E-state index contributed by atoms with van der Waals surface area (Å²) < 4.78 is 5.82. The first-order chi connectivity index (χ1) is 7.31. The van der Waals surface area contributed by atoms with Crippen molar-refractivity contribution >= 4 is 0 Å². The Labute approximate surface area is 87.4 Å². The van der Waals surface area contributed by atoms with E-state index in [9.17, 15) is 5.21 Å². The van der Waals surface area contributed by atoms with E-state index < -0.39 is 0 Å². The average molecular weight is 202 g/mol. The Morgan fingerprint density at radius 2 is 2.20 bits per heavy atom.